The summed E-state index contributed by atoms with van der Waals surface area (Å²) in [6.45, 7) is 3.90. The molecule has 0 aliphatic rings. The van der Waals surface area contributed by atoms with Crippen LogP contribution in [0.3, 0.4) is 0 Å². The third-order valence-corrected chi connectivity index (χ3v) is 4.99. The standard InChI is InChI=1S/C22H16ClFN4/c1-13-9-15(14(2)28(13)17-7-8-19(24)18(23)11-17)10-16(12-25)22-26-20-5-3-4-6-21(20)27-22/h3-11H,1-2H3,(H,26,27)/b16-10-. The molecule has 2 heterocycles. The van der Waals surface area contributed by atoms with Gasteiger partial charge in [0.15, 0.2) is 0 Å². The predicted octanol–water partition coefficient (Wildman–Crippen LogP) is 5.83. The van der Waals surface area contributed by atoms with Gasteiger partial charge in [0, 0.05) is 17.1 Å². The Kier molecular flexibility index (Phi) is 4.50. The Morgan fingerprint density at radius 3 is 2.71 bits per heavy atom. The SMILES string of the molecule is Cc1cc(/C=C(/C#N)c2nc3ccccc3[nH]2)c(C)n1-c1ccc(F)c(Cl)c1. The lowest BCUT2D eigenvalue weighted by atomic mass is 10.1. The Bertz CT molecular complexity index is 1240. The first-order chi connectivity index (χ1) is 13.5. The number of H-pyrrole nitrogens is 1. The van der Waals surface area contributed by atoms with Crippen LogP contribution in [0.25, 0.3) is 28.4 Å². The zero-order valence-electron chi connectivity index (χ0n) is 15.3. The second-order valence-electron chi connectivity index (χ2n) is 6.53. The van der Waals surface area contributed by atoms with Crippen molar-refractivity contribution in [1.82, 2.24) is 14.5 Å². The summed E-state index contributed by atoms with van der Waals surface area (Å²) >= 11 is 5.94. The van der Waals surface area contributed by atoms with E-state index in [1.54, 1.807) is 12.1 Å². The maximum Gasteiger partial charge on any atom is 0.149 e. The van der Waals surface area contributed by atoms with Crippen molar-refractivity contribution in [2.75, 3.05) is 0 Å². The van der Waals surface area contributed by atoms with Crippen LogP contribution in [-0.4, -0.2) is 14.5 Å². The van der Waals surface area contributed by atoms with Gasteiger partial charge in [-0.3, -0.25) is 0 Å². The number of nitrogens with zero attached hydrogens (tertiary/aromatic N) is 3. The van der Waals surface area contributed by atoms with Gasteiger partial charge in [-0.05, 0) is 61.9 Å². The molecule has 0 bridgehead atoms. The Morgan fingerprint density at radius 1 is 1.21 bits per heavy atom. The van der Waals surface area contributed by atoms with Crippen LogP contribution in [0.2, 0.25) is 5.02 Å². The Morgan fingerprint density at radius 2 is 2.00 bits per heavy atom. The molecule has 0 aliphatic carbocycles. The third kappa shape index (κ3) is 3.08. The lowest BCUT2D eigenvalue weighted by Crippen LogP contribution is -1.99. The molecular weight excluding hydrogens is 375 g/mol. The highest BCUT2D eigenvalue weighted by atomic mass is 35.5. The summed E-state index contributed by atoms with van der Waals surface area (Å²) in [5.74, 6) is 0.0722. The number of imidazole rings is 1. The van der Waals surface area contributed by atoms with E-state index in [1.807, 2.05) is 54.8 Å². The van der Waals surface area contributed by atoms with Crippen molar-refractivity contribution < 1.29 is 4.39 Å². The molecule has 28 heavy (non-hydrogen) atoms. The highest BCUT2D eigenvalue weighted by Gasteiger charge is 2.14. The van der Waals surface area contributed by atoms with E-state index >= 15 is 0 Å². The van der Waals surface area contributed by atoms with Crippen LogP contribution in [0, 0.1) is 31.0 Å². The third-order valence-electron chi connectivity index (χ3n) is 4.70. The lowest BCUT2D eigenvalue weighted by Gasteiger charge is -2.10. The highest BCUT2D eigenvalue weighted by molar-refractivity contribution is 6.30. The minimum atomic E-state index is -0.454. The zero-order chi connectivity index (χ0) is 19.8. The fraction of sp³-hybridized carbons (Fsp3) is 0.0909. The molecule has 0 unspecified atom stereocenters. The molecule has 0 saturated heterocycles. The van der Waals surface area contributed by atoms with Gasteiger partial charge in [0.05, 0.1) is 21.6 Å². The topological polar surface area (TPSA) is 57.4 Å². The number of aromatic nitrogens is 3. The van der Waals surface area contributed by atoms with Crippen molar-refractivity contribution in [2.24, 2.45) is 0 Å². The van der Waals surface area contributed by atoms with Gasteiger partial charge in [0.2, 0.25) is 0 Å². The smallest absolute Gasteiger partial charge is 0.149 e. The number of nitriles is 1. The summed E-state index contributed by atoms with van der Waals surface area (Å²) in [5, 5.41) is 9.74. The van der Waals surface area contributed by atoms with E-state index in [4.69, 9.17) is 11.6 Å². The molecule has 0 amide bonds. The molecule has 6 heteroatoms. The number of rotatable bonds is 3. The summed E-state index contributed by atoms with van der Waals surface area (Å²) in [6, 6.07) is 16.5. The van der Waals surface area contributed by atoms with Crippen LogP contribution in [0.5, 0.6) is 0 Å². The van der Waals surface area contributed by atoms with Crippen LogP contribution in [0.4, 0.5) is 4.39 Å². The number of nitrogens with one attached hydrogen (secondary N) is 1. The molecule has 0 saturated carbocycles. The molecule has 4 aromatic rings. The second-order valence-corrected chi connectivity index (χ2v) is 6.94. The summed E-state index contributed by atoms with van der Waals surface area (Å²) in [5.41, 5.74) is 5.65. The van der Waals surface area contributed by atoms with E-state index in [0.29, 0.717) is 11.4 Å². The number of para-hydroxylation sites is 2. The van der Waals surface area contributed by atoms with Gasteiger partial charge in [0.1, 0.15) is 17.7 Å². The molecular formula is C22H16ClFN4. The molecule has 2 aromatic carbocycles. The van der Waals surface area contributed by atoms with Gasteiger partial charge >= 0.3 is 0 Å². The molecule has 0 atom stereocenters. The van der Waals surface area contributed by atoms with E-state index in [2.05, 4.69) is 16.0 Å². The van der Waals surface area contributed by atoms with Gasteiger partial charge in [-0.1, -0.05) is 23.7 Å². The van der Waals surface area contributed by atoms with Gasteiger partial charge in [0.25, 0.3) is 0 Å². The number of hydrogen-bond acceptors (Lipinski definition) is 2. The van der Waals surface area contributed by atoms with Gasteiger partial charge in [-0.15, -0.1) is 0 Å². The van der Waals surface area contributed by atoms with E-state index in [9.17, 15) is 9.65 Å². The monoisotopic (exact) mass is 390 g/mol. The van der Waals surface area contributed by atoms with Crippen LogP contribution in [-0.2, 0) is 0 Å². The molecule has 0 radical (unpaired) electrons. The molecule has 0 fully saturated rings. The molecule has 138 valence electrons. The number of hydrogen-bond donors (Lipinski definition) is 1. The fourth-order valence-corrected chi connectivity index (χ4v) is 3.52. The van der Waals surface area contributed by atoms with Crippen LogP contribution < -0.4 is 0 Å². The van der Waals surface area contributed by atoms with Crippen LogP contribution >= 0.6 is 11.6 Å². The normalized spacial score (nSPS) is 11.8. The average molecular weight is 391 g/mol. The quantitative estimate of drug-likeness (QED) is 0.447. The van der Waals surface area contributed by atoms with Crippen molar-refractivity contribution in [3.63, 3.8) is 0 Å². The Balaban J connectivity index is 1.80. The number of allylic oxidation sites excluding steroid dienone is 1. The summed E-state index contributed by atoms with van der Waals surface area (Å²) < 4.78 is 15.5. The fourth-order valence-electron chi connectivity index (χ4n) is 3.34. The Hall–Kier alpha value is -3.36. The maximum absolute atomic E-state index is 13.5. The summed E-state index contributed by atoms with van der Waals surface area (Å²) in [4.78, 5) is 7.69. The maximum atomic E-state index is 13.5. The first kappa shape index (κ1) is 18.0. The van der Waals surface area contributed by atoms with E-state index in [1.165, 1.54) is 6.07 Å². The van der Waals surface area contributed by atoms with Crippen molar-refractivity contribution in [3.05, 3.63) is 82.1 Å². The lowest BCUT2D eigenvalue weighted by molar-refractivity contribution is 0.627. The molecule has 4 nitrogen and oxygen atoms in total. The van der Waals surface area contributed by atoms with Crippen molar-refractivity contribution in [3.8, 4) is 11.8 Å². The summed E-state index contributed by atoms with van der Waals surface area (Å²) in [6.07, 6.45) is 1.81. The highest BCUT2D eigenvalue weighted by Crippen LogP contribution is 2.27. The zero-order valence-corrected chi connectivity index (χ0v) is 16.0. The molecule has 2 aromatic heterocycles. The first-order valence-corrected chi connectivity index (χ1v) is 9.07. The number of aromatic amines is 1. The molecule has 1 N–H and O–H groups in total. The van der Waals surface area contributed by atoms with Crippen LogP contribution in [0.1, 0.15) is 22.8 Å². The first-order valence-electron chi connectivity index (χ1n) is 8.69. The van der Waals surface area contributed by atoms with E-state index in [0.717, 1.165) is 33.7 Å². The van der Waals surface area contributed by atoms with E-state index in [-0.39, 0.29) is 5.02 Å². The van der Waals surface area contributed by atoms with Crippen molar-refractivity contribution in [2.45, 2.75) is 13.8 Å². The largest absolute Gasteiger partial charge is 0.337 e. The predicted molar refractivity (Wildman–Crippen MR) is 110 cm³/mol. The van der Waals surface area contributed by atoms with Crippen molar-refractivity contribution in [1.29, 1.82) is 5.26 Å². The molecule has 0 aliphatic heterocycles. The minimum absolute atomic E-state index is 0.0714. The second kappa shape index (κ2) is 6.99. The molecule has 0 spiro atoms. The van der Waals surface area contributed by atoms with Gasteiger partial charge < -0.3 is 9.55 Å². The number of aryl methyl sites for hydroxylation is 1. The number of halogens is 2. The molecule has 4 rings (SSSR count). The number of fused-ring (bicyclic) bond motifs is 1. The van der Waals surface area contributed by atoms with Crippen molar-refractivity contribution >= 4 is 34.3 Å². The van der Waals surface area contributed by atoms with Gasteiger partial charge in [-0.2, -0.15) is 5.26 Å². The Labute approximate surface area is 166 Å². The van der Waals surface area contributed by atoms with E-state index < -0.39 is 5.82 Å². The summed E-state index contributed by atoms with van der Waals surface area (Å²) in [7, 11) is 0. The minimum Gasteiger partial charge on any atom is -0.337 e. The number of benzene rings is 2. The van der Waals surface area contributed by atoms with Gasteiger partial charge in [-0.25, -0.2) is 9.37 Å². The average Bonchev–Trinajstić information content (AvgIpc) is 3.23. The van der Waals surface area contributed by atoms with Crippen LogP contribution in [0.15, 0.2) is 48.5 Å².